The van der Waals surface area contributed by atoms with Crippen LogP contribution in [0.5, 0.6) is 0 Å². The van der Waals surface area contributed by atoms with Crippen molar-refractivity contribution in [2.75, 3.05) is 0 Å². The van der Waals surface area contributed by atoms with Gasteiger partial charge in [-0.25, -0.2) is 8.78 Å². The molecule has 1 N–H and O–H groups in total. The lowest BCUT2D eigenvalue weighted by Gasteiger charge is -2.07. The van der Waals surface area contributed by atoms with Gasteiger partial charge >= 0.3 is 0 Å². The molecule has 2 rings (SSSR count). The second kappa shape index (κ2) is 5.94. The van der Waals surface area contributed by atoms with Gasteiger partial charge in [0.15, 0.2) is 0 Å². The summed E-state index contributed by atoms with van der Waals surface area (Å²) in [5.74, 6) is -0.604. The van der Waals surface area contributed by atoms with Crippen LogP contribution in [0.2, 0.25) is 5.02 Å². The molecule has 0 bridgehead atoms. The van der Waals surface area contributed by atoms with Crippen molar-refractivity contribution in [2.45, 2.75) is 13.1 Å². The molecular weight excluding hydrogens is 256 g/mol. The van der Waals surface area contributed by atoms with Gasteiger partial charge in [0.1, 0.15) is 11.6 Å². The van der Waals surface area contributed by atoms with E-state index in [1.807, 2.05) is 0 Å². The molecule has 0 aliphatic carbocycles. The Balaban J connectivity index is 1.95. The molecule has 0 heterocycles. The topological polar surface area (TPSA) is 12.0 Å². The summed E-state index contributed by atoms with van der Waals surface area (Å²) in [5.41, 5.74) is 1.38. The van der Waals surface area contributed by atoms with Crippen molar-refractivity contribution in [1.82, 2.24) is 5.32 Å². The molecule has 2 aromatic rings. The van der Waals surface area contributed by atoms with Crippen LogP contribution in [0, 0.1) is 11.6 Å². The summed E-state index contributed by atoms with van der Waals surface area (Å²) in [4.78, 5) is 0. The molecule has 0 saturated carbocycles. The van der Waals surface area contributed by atoms with E-state index in [2.05, 4.69) is 5.32 Å². The van der Waals surface area contributed by atoms with Crippen molar-refractivity contribution in [3.8, 4) is 0 Å². The second-order valence-corrected chi connectivity index (χ2v) is 4.34. The van der Waals surface area contributed by atoms with Crippen LogP contribution >= 0.6 is 11.6 Å². The SMILES string of the molecule is Fc1ccc(CNCc2ccccc2F)c(Cl)c1. The zero-order valence-electron chi connectivity index (χ0n) is 9.59. The second-order valence-electron chi connectivity index (χ2n) is 3.93. The van der Waals surface area contributed by atoms with E-state index in [4.69, 9.17) is 11.6 Å². The van der Waals surface area contributed by atoms with Crippen LogP contribution in [-0.2, 0) is 13.1 Å². The Morgan fingerprint density at radius 2 is 1.67 bits per heavy atom. The fourth-order valence-corrected chi connectivity index (χ4v) is 1.87. The highest BCUT2D eigenvalue weighted by Crippen LogP contribution is 2.17. The predicted molar refractivity (Wildman–Crippen MR) is 68.4 cm³/mol. The third kappa shape index (κ3) is 3.28. The number of hydrogen-bond acceptors (Lipinski definition) is 1. The number of nitrogens with one attached hydrogen (secondary N) is 1. The first kappa shape index (κ1) is 13.0. The maximum Gasteiger partial charge on any atom is 0.127 e. The van der Waals surface area contributed by atoms with Crippen LogP contribution in [0.15, 0.2) is 42.5 Å². The fraction of sp³-hybridized carbons (Fsp3) is 0.143. The van der Waals surface area contributed by atoms with Gasteiger partial charge in [-0.3, -0.25) is 0 Å². The molecule has 4 heteroatoms. The Kier molecular flexibility index (Phi) is 4.28. The van der Waals surface area contributed by atoms with Crippen LogP contribution in [0.25, 0.3) is 0 Å². The minimum absolute atomic E-state index is 0.241. The highest BCUT2D eigenvalue weighted by atomic mass is 35.5. The van der Waals surface area contributed by atoms with Crippen molar-refractivity contribution in [2.24, 2.45) is 0 Å². The highest BCUT2D eigenvalue weighted by Gasteiger charge is 2.03. The Labute approximate surface area is 109 Å². The zero-order chi connectivity index (χ0) is 13.0. The molecule has 0 fully saturated rings. The van der Waals surface area contributed by atoms with Crippen LogP contribution in [0.3, 0.4) is 0 Å². The van der Waals surface area contributed by atoms with E-state index in [1.54, 1.807) is 24.3 Å². The van der Waals surface area contributed by atoms with Crippen LogP contribution in [0.4, 0.5) is 8.78 Å². The molecular formula is C14H12ClF2N. The summed E-state index contributed by atoms with van der Waals surface area (Å²) in [6.45, 7) is 0.869. The summed E-state index contributed by atoms with van der Waals surface area (Å²) in [7, 11) is 0. The maximum atomic E-state index is 13.3. The average molecular weight is 268 g/mol. The largest absolute Gasteiger partial charge is 0.308 e. The minimum Gasteiger partial charge on any atom is -0.308 e. The van der Waals surface area contributed by atoms with Crippen molar-refractivity contribution < 1.29 is 8.78 Å². The van der Waals surface area contributed by atoms with Crippen molar-refractivity contribution >= 4 is 11.6 Å². The minimum atomic E-state index is -0.363. The summed E-state index contributed by atoms with van der Waals surface area (Å²) in [6.07, 6.45) is 0. The number of hydrogen-bond donors (Lipinski definition) is 1. The van der Waals surface area contributed by atoms with E-state index < -0.39 is 0 Å². The standard InChI is InChI=1S/C14H12ClF2N/c15-13-7-12(16)6-5-10(13)8-18-9-11-3-1-2-4-14(11)17/h1-7,18H,8-9H2. The molecule has 94 valence electrons. The summed E-state index contributed by atoms with van der Waals surface area (Å²) < 4.78 is 26.2. The molecule has 0 radical (unpaired) electrons. The van der Waals surface area contributed by atoms with Gasteiger partial charge in [-0.2, -0.15) is 0 Å². The lowest BCUT2D eigenvalue weighted by Crippen LogP contribution is -2.14. The molecule has 0 unspecified atom stereocenters. The Morgan fingerprint density at radius 3 is 2.39 bits per heavy atom. The van der Waals surface area contributed by atoms with Crippen molar-refractivity contribution in [1.29, 1.82) is 0 Å². The van der Waals surface area contributed by atoms with Crippen molar-refractivity contribution in [3.05, 3.63) is 70.2 Å². The van der Waals surface area contributed by atoms with E-state index in [0.29, 0.717) is 23.7 Å². The Morgan fingerprint density at radius 1 is 0.944 bits per heavy atom. The van der Waals surface area contributed by atoms with Crippen molar-refractivity contribution in [3.63, 3.8) is 0 Å². The van der Waals surface area contributed by atoms with E-state index in [1.165, 1.54) is 18.2 Å². The normalized spacial score (nSPS) is 10.6. The van der Waals surface area contributed by atoms with Crippen LogP contribution < -0.4 is 5.32 Å². The molecule has 0 amide bonds. The monoisotopic (exact) mass is 267 g/mol. The highest BCUT2D eigenvalue weighted by molar-refractivity contribution is 6.31. The maximum absolute atomic E-state index is 13.3. The summed E-state index contributed by atoms with van der Waals surface area (Å²) in [6, 6.07) is 10.8. The first-order valence-corrected chi connectivity index (χ1v) is 5.92. The number of rotatable bonds is 4. The van der Waals surface area contributed by atoms with E-state index in [-0.39, 0.29) is 11.6 Å². The fourth-order valence-electron chi connectivity index (χ4n) is 1.64. The molecule has 18 heavy (non-hydrogen) atoms. The summed E-state index contributed by atoms with van der Waals surface area (Å²) in [5, 5.41) is 3.44. The van der Waals surface area contributed by atoms with Crippen LogP contribution in [0.1, 0.15) is 11.1 Å². The number of benzene rings is 2. The molecule has 1 nitrogen and oxygen atoms in total. The van der Waals surface area contributed by atoms with Gasteiger partial charge in [-0.05, 0) is 23.8 Å². The lowest BCUT2D eigenvalue weighted by atomic mass is 10.2. The molecule has 0 aliphatic heterocycles. The van der Waals surface area contributed by atoms with E-state index in [9.17, 15) is 8.78 Å². The quantitative estimate of drug-likeness (QED) is 0.886. The van der Waals surface area contributed by atoms with Gasteiger partial charge < -0.3 is 5.32 Å². The first-order valence-electron chi connectivity index (χ1n) is 5.55. The molecule has 0 atom stereocenters. The molecule has 0 spiro atoms. The van der Waals surface area contributed by atoms with E-state index in [0.717, 1.165) is 5.56 Å². The van der Waals surface area contributed by atoms with Gasteiger partial charge in [-0.1, -0.05) is 35.9 Å². The van der Waals surface area contributed by atoms with Gasteiger partial charge in [0.05, 0.1) is 0 Å². The first-order chi connectivity index (χ1) is 8.66. The molecule has 2 aromatic carbocycles. The Hall–Kier alpha value is -1.45. The Bertz CT molecular complexity index is 543. The third-order valence-corrected chi connectivity index (χ3v) is 2.96. The molecule has 0 saturated heterocycles. The zero-order valence-corrected chi connectivity index (χ0v) is 10.3. The smallest absolute Gasteiger partial charge is 0.127 e. The predicted octanol–water partition coefficient (Wildman–Crippen LogP) is 3.91. The van der Waals surface area contributed by atoms with Gasteiger partial charge in [0, 0.05) is 23.7 Å². The lowest BCUT2D eigenvalue weighted by molar-refractivity contribution is 0.587. The average Bonchev–Trinajstić information content (AvgIpc) is 2.34. The molecule has 0 aliphatic rings. The van der Waals surface area contributed by atoms with E-state index >= 15 is 0 Å². The third-order valence-electron chi connectivity index (χ3n) is 2.60. The van der Waals surface area contributed by atoms with Crippen LogP contribution in [-0.4, -0.2) is 0 Å². The number of halogens is 3. The van der Waals surface area contributed by atoms with Gasteiger partial charge in [-0.15, -0.1) is 0 Å². The summed E-state index contributed by atoms with van der Waals surface area (Å²) >= 11 is 5.89. The van der Waals surface area contributed by atoms with Gasteiger partial charge in [0.2, 0.25) is 0 Å². The molecule has 0 aromatic heterocycles. The van der Waals surface area contributed by atoms with Gasteiger partial charge in [0.25, 0.3) is 0 Å².